The molecule has 0 amide bonds. The number of ether oxygens (including phenoxy) is 1. The molecule has 4 aliphatic rings. The van der Waals surface area contributed by atoms with Crippen LogP contribution in [0.3, 0.4) is 0 Å². The molecule has 4 rings (SSSR count). The Morgan fingerprint density at radius 3 is 1.57 bits per heavy atom. The molecule has 0 saturated carbocycles. The molecular formula is C12H18O9P2. The zero-order chi connectivity index (χ0) is 15.9. The van der Waals surface area contributed by atoms with Crippen molar-refractivity contribution in [3.63, 3.8) is 0 Å². The molecule has 0 aromatic heterocycles. The number of phosphoric acid groups is 2. The molecular weight excluding hydrogens is 350 g/mol. The molecule has 0 aromatic rings. The minimum Gasteiger partial charge on any atom is -0.366 e. The second-order valence-corrected chi connectivity index (χ2v) is 8.93. The Bertz CT molecular complexity index is 511. The summed E-state index contributed by atoms with van der Waals surface area (Å²) in [7, 11) is -6.90. The molecule has 0 radical (unpaired) electrons. The van der Waals surface area contributed by atoms with Crippen LogP contribution in [0.25, 0.3) is 0 Å². The molecule has 4 aliphatic heterocycles. The fourth-order valence-electron chi connectivity index (χ4n) is 3.08. The highest BCUT2D eigenvalue weighted by atomic mass is 31.2. The molecule has 2 bridgehead atoms. The average molecular weight is 368 g/mol. The second-order valence-electron chi connectivity index (χ2n) is 5.60. The maximum Gasteiger partial charge on any atom is 0.474 e. The third-order valence-electron chi connectivity index (χ3n) is 4.21. The standard InChI is InChI=1S/C12H18O9P2/c13-22(15-3-4-16-22)19-7-9-10(12-2-1-11(9)21-12)8-20-23(14)17-5-6-18-23/h1-2,9-12H,3-8H2. The summed E-state index contributed by atoms with van der Waals surface area (Å²) in [6, 6.07) is 0. The van der Waals surface area contributed by atoms with E-state index in [0.29, 0.717) is 0 Å². The zero-order valence-corrected chi connectivity index (χ0v) is 14.1. The van der Waals surface area contributed by atoms with Gasteiger partial charge in [0.25, 0.3) is 0 Å². The largest absolute Gasteiger partial charge is 0.474 e. The SMILES string of the molecule is O=P1(OCC2C3C=CC(O3)C2COP2(=O)OCCO2)OCCO1. The first-order valence-electron chi connectivity index (χ1n) is 7.48. The number of rotatable bonds is 6. The Balaban J connectivity index is 1.37. The molecule has 3 saturated heterocycles. The van der Waals surface area contributed by atoms with E-state index in [4.69, 9.17) is 31.9 Å². The van der Waals surface area contributed by atoms with Crippen LogP contribution in [-0.2, 0) is 41.0 Å². The van der Waals surface area contributed by atoms with Crippen molar-refractivity contribution in [1.82, 2.24) is 0 Å². The first-order valence-corrected chi connectivity index (χ1v) is 10.4. The first kappa shape index (κ1) is 16.4. The minimum absolute atomic E-state index is 0.0992. The molecule has 23 heavy (non-hydrogen) atoms. The molecule has 4 unspecified atom stereocenters. The molecule has 4 heterocycles. The van der Waals surface area contributed by atoms with Crippen molar-refractivity contribution < 1.29 is 41.0 Å². The Hall–Kier alpha value is -0.0800. The van der Waals surface area contributed by atoms with Gasteiger partial charge in [-0.1, -0.05) is 12.2 Å². The lowest BCUT2D eigenvalue weighted by atomic mass is 9.84. The van der Waals surface area contributed by atoms with Crippen molar-refractivity contribution in [1.29, 1.82) is 0 Å². The van der Waals surface area contributed by atoms with Crippen LogP contribution >= 0.6 is 15.6 Å². The maximum absolute atomic E-state index is 12.1. The summed E-state index contributed by atoms with van der Waals surface area (Å²) in [5.41, 5.74) is 0. The van der Waals surface area contributed by atoms with Gasteiger partial charge in [-0.3, -0.25) is 27.1 Å². The zero-order valence-electron chi connectivity index (χ0n) is 12.3. The number of hydrogen-bond acceptors (Lipinski definition) is 9. The summed E-state index contributed by atoms with van der Waals surface area (Å²) in [4.78, 5) is 0. The summed E-state index contributed by atoms with van der Waals surface area (Å²) < 4.78 is 60.7. The van der Waals surface area contributed by atoms with Crippen molar-refractivity contribution in [3.8, 4) is 0 Å². The lowest BCUT2D eigenvalue weighted by Gasteiger charge is -2.25. The van der Waals surface area contributed by atoms with E-state index < -0.39 is 15.6 Å². The van der Waals surface area contributed by atoms with Crippen LogP contribution in [0.1, 0.15) is 0 Å². The quantitative estimate of drug-likeness (QED) is 0.514. The van der Waals surface area contributed by atoms with E-state index in [1.165, 1.54) is 0 Å². The third kappa shape index (κ3) is 3.35. The highest BCUT2D eigenvalue weighted by molar-refractivity contribution is 7.49. The molecule has 0 spiro atoms. The Morgan fingerprint density at radius 2 is 1.17 bits per heavy atom. The Labute approximate surface area is 133 Å². The Morgan fingerprint density at radius 1 is 0.783 bits per heavy atom. The smallest absolute Gasteiger partial charge is 0.366 e. The van der Waals surface area contributed by atoms with E-state index >= 15 is 0 Å². The summed E-state index contributed by atoms with van der Waals surface area (Å²) in [5, 5.41) is 0. The van der Waals surface area contributed by atoms with Crippen molar-refractivity contribution in [2.45, 2.75) is 12.2 Å². The third-order valence-corrected chi connectivity index (χ3v) is 7.14. The monoisotopic (exact) mass is 368 g/mol. The lowest BCUT2D eigenvalue weighted by molar-refractivity contribution is 0.0887. The summed E-state index contributed by atoms with van der Waals surface area (Å²) in [5.74, 6) is -0.198. The predicted octanol–water partition coefficient (Wildman–Crippen LogP) is 1.90. The van der Waals surface area contributed by atoms with Gasteiger partial charge in [-0.25, -0.2) is 9.13 Å². The van der Waals surface area contributed by atoms with Crippen molar-refractivity contribution in [3.05, 3.63) is 12.2 Å². The first-order chi connectivity index (χ1) is 11.1. The summed E-state index contributed by atoms with van der Waals surface area (Å²) in [6.45, 7) is 1.32. The Kier molecular flexibility index (Phi) is 4.51. The van der Waals surface area contributed by atoms with E-state index in [9.17, 15) is 9.13 Å². The van der Waals surface area contributed by atoms with Gasteiger partial charge in [0.05, 0.1) is 51.8 Å². The number of hydrogen-bond donors (Lipinski definition) is 0. The second kappa shape index (κ2) is 6.33. The predicted molar refractivity (Wildman–Crippen MR) is 75.7 cm³/mol. The van der Waals surface area contributed by atoms with Gasteiger partial charge >= 0.3 is 15.6 Å². The fraction of sp³-hybridized carbons (Fsp3) is 0.833. The van der Waals surface area contributed by atoms with E-state index in [0.717, 1.165) is 0 Å². The van der Waals surface area contributed by atoms with Crippen LogP contribution in [-0.4, -0.2) is 51.8 Å². The minimum atomic E-state index is -3.45. The van der Waals surface area contributed by atoms with Gasteiger partial charge in [-0.05, 0) is 0 Å². The van der Waals surface area contributed by atoms with E-state index in [-0.39, 0.29) is 63.7 Å². The van der Waals surface area contributed by atoms with Gasteiger partial charge in [0.2, 0.25) is 0 Å². The molecule has 130 valence electrons. The van der Waals surface area contributed by atoms with Crippen molar-refractivity contribution in [2.75, 3.05) is 39.6 Å². The summed E-state index contributed by atoms with van der Waals surface area (Å²) >= 11 is 0. The van der Waals surface area contributed by atoms with Gasteiger partial charge < -0.3 is 4.74 Å². The van der Waals surface area contributed by atoms with Gasteiger partial charge in [-0.2, -0.15) is 0 Å². The van der Waals surface area contributed by atoms with E-state index in [1.54, 1.807) is 0 Å². The van der Waals surface area contributed by atoms with Gasteiger partial charge in [0, 0.05) is 11.8 Å². The maximum atomic E-state index is 12.1. The van der Waals surface area contributed by atoms with Crippen LogP contribution in [0.4, 0.5) is 0 Å². The van der Waals surface area contributed by atoms with Crippen molar-refractivity contribution in [2.24, 2.45) is 11.8 Å². The molecule has 9 nitrogen and oxygen atoms in total. The average Bonchev–Trinajstić information content (AvgIpc) is 3.28. The van der Waals surface area contributed by atoms with E-state index in [1.807, 2.05) is 12.2 Å². The number of fused-ring (bicyclic) bond motifs is 2. The molecule has 0 aromatic carbocycles. The van der Waals surface area contributed by atoms with Crippen LogP contribution in [0.2, 0.25) is 0 Å². The summed E-state index contributed by atoms with van der Waals surface area (Å²) in [6.07, 6.45) is 3.56. The van der Waals surface area contributed by atoms with Gasteiger partial charge in [0.15, 0.2) is 0 Å². The van der Waals surface area contributed by atoms with Crippen LogP contribution in [0, 0.1) is 11.8 Å². The fourth-order valence-corrected chi connectivity index (χ4v) is 5.43. The van der Waals surface area contributed by atoms with Gasteiger partial charge in [-0.15, -0.1) is 0 Å². The molecule has 11 heteroatoms. The normalized spacial score (nSPS) is 40.2. The number of phosphoric ester groups is 2. The van der Waals surface area contributed by atoms with Crippen LogP contribution in [0.15, 0.2) is 12.2 Å². The topological polar surface area (TPSA) is 98.8 Å². The van der Waals surface area contributed by atoms with Crippen LogP contribution < -0.4 is 0 Å². The lowest BCUT2D eigenvalue weighted by Crippen LogP contribution is -2.31. The molecule has 0 N–H and O–H groups in total. The molecule has 4 atom stereocenters. The highest BCUT2D eigenvalue weighted by Crippen LogP contribution is 2.56. The van der Waals surface area contributed by atoms with Gasteiger partial charge in [0.1, 0.15) is 0 Å². The molecule has 0 aliphatic carbocycles. The molecule has 3 fully saturated rings. The highest BCUT2D eigenvalue weighted by Gasteiger charge is 2.48. The van der Waals surface area contributed by atoms with Crippen LogP contribution in [0.5, 0.6) is 0 Å². The van der Waals surface area contributed by atoms with Crippen molar-refractivity contribution >= 4 is 15.6 Å². The van der Waals surface area contributed by atoms with E-state index in [2.05, 4.69) is 0 Å².